The number of amides is 1. The van der Waals surface area contributed by atoms with Crippen molar-refractivity contribution in [3.63, 3.8) is 0 Å². The van der Waals surface area contributed by atoms with Crippen molar-refractivity contribution in [3.8, 4) is 0 Å². The summed E-state index contributed by atoms with van der Waals surface area (Å²) in [6.07, 6.45) is 0. The van der Waals surface area contributed by atoms with E-state index in [2.05, 4.69) is 15.3 Å². The molecule has 0 unspecified atom stereocenters. The molecule has 0 spiro atoms. The Balaban J connectivity index is 1.96. The molecule has 1 atom stereocenters. The van der Waals surface area contributed by atoms with Gasteiger partial charge in [-0.1, -0.05) is 30.3 Å². The lowest BCUT2D eigenvalue weighted by molar-refractivity contribution is -0.116. The van der Waals surface area contributed by atoms with Crippen LogP contribution in [-0.2, 0) is 4.79 Å². The smallest absolute Gasteiger partial charge is 0.271 e. The molecule has 21 heavy (non-hydrogen) atoms. The van der Waals surface area contributed by atoms with Gasteiger partial charge in [-0.15, -0.1) is 0 Å². The molecule has 2 aromatic carbocycles. The van der Waals surface area contributed by atoms with Crippen molar-refractivity contribution < 1.29 is 4.79 Å². The van der Waals surface area contributed by atoms with E-state index >= 15 is 0 Å². The van der Waals surface area contributed by atoms with Gasteiger partial charge in [0.1, 0.15) is 11.6 Å². The van der Waals surface area contributed by atoms with Gasteiger partial charge in [0.05, 0.1) is 11.0 Å². The lowest BCUT2D eigenvalue weighted by Crippen LogP contribution is -2.24. The predicted molar refractivity (Wildman–Crippen MR) is 79.3 cm³/mol. The van der Waals surface area contributed by atoms with Gasteiger partial charge in [0.15, 0.2) is 0 Å². The molecule has 0 fully saturated rings. The van der Waals surface area contributed by atoms with E-state index in [1.54, 1.807) is 6.07 Å². The summed E-state index contributed by atoms with van der Waals surface area (Å²) >= 11 is 0. The standard InChI is InChI=1S/C16H11N3O2/c20-15-13(9-5-1-2-6-10(9)18-15)14-16(21)19-12-8-4-3-7-11(12)17-14/h1-8,13H,(H,18,20)(H,19,21)/t13-/m1/s1. The number of nitrogens with one attached hydrogen (secondary N) is 2. The highest BCUT2D eigenvalue weighted by atomic mass is 16.2. The quantitative estimate of drug-likeness (QED) is 0.714. The number of rotatable bonds is 1. The van der Waals surface area contributed by atoms with Crippen LogP contribution >= 0.6 is 0 Å². The van der Waals surface area contributed by atoms with E-state index in [-0.39, 0.29) is 17.2 Å². The first kappa shape index (κ1) is 11.8. The molecule has 0 aliphatic carbocycles. The lowest BCUT2D eigenvalue weighted by Gasteiger charge is -2.08. The second kappa shape index (κ2) is 4.28. The molecule has 1 amide bonds. The van der Waals surface area contributed by atoms with Crippen LogP contribution in [0.25, 0.3) is 11.0 Å². The van der Waals surface area contributed by atoms with Crippen LogP contribution in [0.3, 0.4) is 0 Å². The van der Waals surface area contributed by atoms with E-state index in [1.165, 1.54) is 0 Å². The van der Waals surface area contributed by atoms with Gasteiger partial charge in [-0.3, -0.25) is 9.59 Å². The molecular formula is C16H11N3O2. The Kier molecular flexibility index (Phi) is 2.41. The van der Waals surface area contributed by atoms with E-state index in [9.17, 15) is 9.59 Å². The van der Waals surface area contributed by atoms with Crippen molar-refractivity contribution in [2.75, 3.05) is 5.32 Å². The number of aromatic amines is 1. The number of fused-ring (bicyclic) bond motifs is 2. The average molecular weight is 277 g/mol. The topological polar surface area (TPSA) is 74.8 Å². The highest BCUT2D eigenvalue weighted by Gasteiger charge is 2.34. The minimum atomic E-state index is -0.658. The molecule has 2 N–H and O–H groups in total. The van der Waals surface area contributed by atoms with Crippen molar-refractivity contribution in [1.29, 1.82) is 0 Å². The first-order valence-corrected chi connectivity index (χ1v) is 6.63. The molecule has 1 aromatic heterocycles. The largest absolute Gasteiger partial charge is 0.325 e. The fraction of sp³-hybridized carbons (Fsp3) is 0.0625. The van der Waals surface area contributed by atoms with Gasteiger partial charge in [-0.05, 0) is 23.8 Å². The number of carbonyl (C=O) groups is 1. The number of hydrogen-bond acceptors (Lipinski definition) is 3. The third kappa shape index (κ3) is 1.74. The Morgan fingerprint density at radius 1 is 0.952 bits per heavy atom. The zero-order valence-corrected chi connectivity index (χ0v) is 11.0. The third-order valence-corrected chi connectivity index (χ3v) is 3.69. The average Bonchev–Trinajstić information content (AvgIpc) is 2.82. The van der Waals surface area contributed by atoms with E-state index in [1.807, 2.05) is 42.5 Å². The van der Waals surface area contributed by atoms with Crippen molar-refractivity contribution >= 4 is 22.6 Å². The van der Waals surface area contributed by atoms with Crippen molar-refractivity contribution in [2.45, 2.75) is 5.92 Å². The minimum Gasteiger partial charge on any atom is -0.325 e. The van der Waals surface area contributed by atoms with Crippen molar-refractivity contribution in [3.05, 3.63) is 70.1 Å². The number of aromatic nitrogens is 2. The number of H-pyrrole nitrogens is 1. The van der Waals surface area contributed by atoms with Gasteiger partial charge in [0.2, 0.25) is 5.91 Å². The van der Waals surface area contributed by atoms with Crippen molar-refractivity contribution in [2.24, 2.45) is 0 Å². The summed E-state index contributed by atoms with van der Waals surface area (Å²) in [5.41, 5.74) is 2.77. The van der Waals surface area contributed by atoms with Crippen LogP contribution in [0.5, 0.6) is 0 Å². The van der Waals surface area contributed by atoms with E-state index in [0.29, 0.717) is 11.0 Å². The molecule has 0 radical (unpaired) electrons. The van der Waals surface area contributed by atoms with Crippen molar-refractivity contribution in [1.82, 2.24) is 9.97 Å². The molecule has 1 aliphatic rings. The van der Waals surface area contributed by atoms with Gasteiger partial charge in [0.25, 0.3) is 5.56 Å². The molecule has 1 aliphatic heterocycles. The van der Waals surface area contributed by atoms with Gasteiger partial charge >= 0.3 is 0 Å². The predicted octanol–water partition coefficient (Wildman–Crippen LogP) is 2.01. The number of hydrogen-bond donors (Lipinski definition) is 2. The molecule has 2 heterocycles. The number of para-hydroxylation sites is 3. The van der Waals surface area contributed by atoms with Crippen LogP contribution in [-0.4, -0.2) is 15.9 Å². The van der Waals surface area contributed by atoms with E-state index in [0.717, 1.165) is 11.3 Å². The maximum Gasteiger partial charge on any atom is 0.271 e. The molecule has 0 saturated carbocycles. The maximum atomic E-state index is 12.3. The maximum absolute atomic E-state index is 12.3. The Hall–Kier alpha value is -2.95. The number of carbonyl (C=O) groups excluding carboxylic acids is 1. The molecule has 0 bridgehead atoms. The Morgan fingerprint density at radius 3 is 2.62 bits per heavy atom. The third-order valence-electron chi connectivity index (χ3n) is 3.69. The second-order valence-corrected chi connectivity index (χ2v) is 4.98. The summed E-state index contributed by atoms with van der Waals surface area (Å²) in [6.45, 7) is 0. The summed E-state index contributed by atoms with van der Waals surface area (Å²) < 4.78 is 0. The summed E-state index contributed by atoms with van der Waals surface area (Å²) in [6, 6.07) is 14.6. The summed E-state index contributed by atoms with van der Waals surface area (Å²) in [5.74, 6) is -0.876. The Bertz CT molecular complexity index is 930. The Labute approximate surface area is 119 Å². The lowest BCUT2D eigenvalue weighted by atomic mass is 9.97. The zero-order valence-electron chi connectivity index (χ0n) is 11.0. The molecule has 5 heteroatoms. The summed E-state index contributed by atoms with van der Waals surface area (Å²) in [7, 11) is 0. The first-order valence-electron chi connectivity index (χ1n) is 6.63. The van der Waals surface area contributed by atoms with Gasteiger partial charge < -0.3 is 10.3 Å². The molecule has 5 nitrogen and oxygen atoms in total. The van der Waals surface area contributed by atoms with Crippen LogP contribution in [0, 0.1) is 0 Å². The van der Waals surface area contributed by atoms with Gasteiger partial charge in [0, 0.05) is 5.69 Å². The molecule has 4 rings (SSSR count). The highest BCUT2D eigenvalue weighted by molar-refractivity contribution is 6.04. The minimum absolute atomic E-state index is 0.218. The normalized spacial score (nSPS) is 16.8. The van der Waals surface area contributed by atoms with Crippen LogP contribution in [0.2, 0.25) is 0 Å². The fourth-order valence-electron chi connectivity index (χ4n) is 2.72. The second-order valence-electron chi connectivity index (χ2n) is 4.98. The summed E-state index contributed by atoms with van der Waals surface area (Å²) in [4.78, 5) is 31.7. The molecule has 3 aromatic rings. The highest BCUT2D eigenvalue weighted by Crippen LogP contribution is 2.35. The van der Waals surface area contributed by atoms with Gasteiger partial charge in [-0.2, -0.15) is 0 Å². The number of benzene rings is 2. The Morgan fingerprint density at radius 2 is 1.71 bits per heavy atom. The first-order chi connectivity index (χ1) is 10.2. The SMILES string of the molecule is O=C1Nc2ccccc2[C@@H]1c1nc2ccccc2[nH]c1=O. The number of anilines is 1. The van der Waals surface area contributed by atoms with Crippen LogP contribution < -0.4 is 10.9 Å². The monoisotopic (exact) mass is 277 g/mol. The number of nitrogens with zero attached hydrogens (tertiary/aromatic N) is 1. The molecular weight excluding hydrogens is 266 g/mol. The van der Waals surface area contributed by atoms with Gasteiger partial charge in [-0.25, -0.2) is 4.98 Å². The van der Waals surface area contributed by atoms with E-state index < -0.39 is 5.92 Å². The molecule has 102 valence electrons. The van der Waals surface area contributed by atoms with E-state index in [4.69, 9.17) is 0 Å². The van der Waals surface area contributed by atoms with Crippen LogP contribution in [0.15, 0.2) is 53.3 Å². The van der Waals surface area contributed by atoms with Crippen LogP contribution in [0.4, 0.5) is 5.69 Å². The molecule has 0 saturated heterocycles. The summed E-state index contributed by atoms with van der Waals surface area (Å²) in [5, 5.41) is 2.79. The fourth-order valence-corrected chi connectivity index (χ4v) is 2.72. The zero-order chi connectivity index (χ0) is 14.4. The van der Waals surface area contributed by atoms with Crippen LogP contribution in [0.1, 0.15) is 17.2 Å².